The third-order valence-corrected chi connectivity index (χ3v) is 3.88. The molecule has 0 atom stereocenters. The summed E-state index contributed by atoms with van der Waals surface area (Å²) in [7, 11) is 2.14. The number of hydrogen-bond donors (Lipinski definition) is 1. The van der Waals surface area contributed by atoms with Gasteiger partial charge in [0.05, 0.1) is 0 Å². The molecule has 2 nitrogen and oxygen atoms in total. The van der Waals surface area contributed by atoms with E-state index in [0.717, 1.165) is 18.7 Å². The van der Waals surface area contributed by atoms with Crippen LogP contribution in [0.4, 0.5) is 0 Å². The third kappa shape index (κ3) is 4.38. The van der Waals surface area contributed by atoms with Gasteiger partial charge in [0.25, 0.3) is 0 Å². The van der Waals surface area contributed by atoms with Crippen molar-refractivity contribution in [3.63, 3.8) is 0 Å². The molecule has 0 aliphatic carbocycles. The number of aryl methyl sites for hydroxylation is 2. The van der Waals surface area contributed by atoms with E-state index in [0.29, 0.717) is 4.99 Å². The van der Waals surface area contributed by atoms with Gasteiger partial charge in [-0.3, -0.25) is 4.90 Å². The minimum Gasteiger partial charge on any atom is -0.389 e. The van der Waals surface area contributed by atoms with Gasteiger partial charge in [-0.05, 0) is 43.7 Å². The Morgan fingerprint density at radius 3 is 2.29 bits per heavy atom. The zero-order valence-corrected chi connectivity index (χ0v) is 13.7. The van der Waals surface area contributed by atoms with E-state index < -0.39 is 0 Å². The zero-order chi connectivity index (χ0) is 15.4. The van der Waals surface area contributed by atoms with E-state index in [1.54, 1.807) is 0 Å². The highest BCUT2D eigenvalue weighted by atomic mass is 32.1. The molecule has 0 saturated heterocycles. The summed E-state index contributed by atoms with van der Waals surface area (Å²) < 4.78 is 0. The summed E-state index contributed by atoms with van der Waals surface area (Å²) in [6.07, 6.45) is 0. The molecule has 0 radical (unpaired) electrons. The first-order valence-corrected chi connectivity index (χ1v) is 7.50. The minimum absolute atomic E-state index is 0.456. The van der Waals surface area contributed by atoms with Crippen LogP contribution in [-0.2, 0) is 13.1 Å². The van der Waals surface area contributed by atoms with Gasteiger partial charge in [-0.1, -0.05) is 54.2 Å². The smallest absolute Gasteiger partial charge is 0.103 e. The average molecular weight is 298 g/mol. The van der Waals surface area contributed by atoms with Crippen molar-refractivity contribution in [1.29, 1.82) is 0 Å². The summed E-state index contributed by atoms with van der Waals surface area (Å²) in [5.74, 6) is 0. The monoisotopic (exact) mass is 298 g/mol. The molecule has 3 heteroatoms. The summed E-state index contributed by atoms with van der Waals surface area (Å²) in [5.41, 5.74) is 11.8. The van der Waals surface area contributed by atoms with Crippen molar-refractivity contribution in [2.75, 3.05) is 7.05 Å². The fourth-order valence-electron chi connectivity index (χ4n) is 2.38. The Hall–Kier alpha value is -1.71. The Kier molecular flexibility index (Phi) is 5.10. The van der Waals surface area contributed by atoms with Gasteiger partial charge in [0.1, 0.15) is 4.99 Å². The lowest BCUT2D eigenvalue weighted by atomic mass is 10.0. The van der Waals surface area contributed by atoms with Gasteiger partial charge in [-0.25, -0.2) is 0 Å². The molecule has 0 saturated carbocycles. The van der Waals surface area contributed by atoms with Crippen LogP contribution in [-0.4, -0.2) is 16.9 Å². The van der Waals surface area contributed by atoms with Crippen LogP contribution in [0, 0.1) is 13.8 Å². The topological polar surface area (TPSA) is 29.3 Å². The molecule has 110 valence electrons. The maximum atomic E-state index is 5.67. The molecule has 0 heterocycles. The first-order valence-electron chi connectivity index (χ1n) is 7.09. The van der Waals surface area contributed by atoms with Crippen molar-refractivity contribution in [1.82, 2.24) is 4.90 Å². The third-order valence-electron chi connectivity index (χ3n) is 3.64. The molecule has 0 spiro atoms. The second kappa shape index (κ2) is 6.83. The fourth-order valence-corrected chi connectivity index (χ4v) is 2.51. The summed E-state index contributed by atoms with van der Waals surface area (Å²) in [6.45, 7) is 6.07. The van der Waals surface area contributed by atoms with Crippen molar-refractivity contribution in [3.8, 4) is 0 Å². The highest BCUT2D eigenvalue weighted by Gasteiger charge is 2.06. The predicted octanol–water partition coefficient (Wildman–Crippen LogP) is 3.57. The molecule has 0 fully saturated rings. The lowest BCUT2D eigenvalue weighted by molar-refractivity contribution is 0.318. The van der Waals surface area contributed by atoms with Crippen LogP contribution in [0.15, 0.2) is 42.5 Å². The van der Waals surface area contributed by atoms with E-state index in [1.165, 1.54) is 22.3 Å². The quantitative estimate of drug-likeness (QED) is 0.856. The Bertz CT molecular complexity index is 632. The molecule has 0 amide bonds. The normalized spacial score (nSPS) is 10.9. The standard InChI is InChI=1S/C18H22N2S/c1-13-4-6-15(7-5-13)11-20(3)12-17-9-8-16(18(19)21)10-14(17)2/h4-10H,11-12H2,1-3H3,(H2,19,21). The number of benzene rings is 2. The molecule has 0 unspecified atom stereocenters. The van der Waals surface area contributed by atoms with Crippen molar-refractivity contribution in [2.45, 2.75) is 26.9 Å². The van der Waals surface area contributed by atoms with Crippen LogP contribution >= 0.6 is 12.2 Å². The Morgan fingerprint density at radius 1 is 1.05 bits per heavy atom. The van der Waals surface area contributed by atoms with Crippen LogP contribution in [0.25, 0.3) is 0 Å². The van der Waals surface area contributed by atoms with Crippen molar-refractivity contribution in [3.05, 3.63) is 70.3 Å². The van der Waals surface area contributed by atoms with Gasteiger partial charge in [0.2, 0.25) is 0 Å². The van der Waals surface area contributed by atoms with Gasteiger partial charge in [-0.2, -0.15) is 0 Å². The summed E-state index contributed by atoms with van der Waals surface area (Å²) in [6, 6.07) is 14.9. The highest BCUT2D eigenvalue weighted by molar-refractivity contribution is 7.80. The lowest BCUT2D eigenvalue weighted by Gasteiger charge is -2.18. The van der Waals surface area contributed by atoms with Gasteiger partial charge < -0.3 is 5.73 Å². The molecular weight excluding hydrogens is 276 g/mol. The van der Waals surface area contributed by atoms with Crippen LogP contribution in [0.3, 0.4) is 0 Å². The van der Waals surface area contributed by atoms with Crippen molar-refractivity contribution >= 4 is 17.2 Å². The van der Waals surface area contributed by atoms with E-state index in [-0.39, 0.29) is 0 Å². The zero-order valence-electron chi connectivity index (χ0n) is 12.9. The Balaban J connectivity index is 2.04. The predicted molar refractivity (Wildman–Crippen MR) is 93.4 cm³/mol. The molecule has 21 heavy (non-hydrogen) atoms. The summed E-state index contributed by atoms with van der Waals surface area (Å²) in [5, 5.41) is 0. The van der Waals surface area contributed by atoms with Crippen molar-refractivity contribution < 1.29 is 0 Å². The molecule has 0 bridgehead atoms. The minimum atomic E-state index is 0.456. The number of rotatable bonds is 5. The number of thiocarbonyl (C=S) groups is 1. The fraction of sp³-hybridized carbons (Fsp3) is 0.278. The Morgan fingerprint density at radius 2 is 1.71 bits per heavy atom. The molecule has 0 aliphatic rings. The SMILES string of the molecule is Cc1ccc(CN(C)Cc2ccc(C(N)=S)cc2C)cc1. The van der Waals surface area contributed by atoms with Crippen LogP contribution in [0.5, 0.6) is 0 Å². The molecule has 0 aliphatic heterocycles. The van der Waals surface area contributed by atoms with E-state index in [2.05, 4.69) is 62.2 Å². The van der Waals surface area contributed by atoms with E-state index >= 15 is 0 Å². The van der Waals surface area contributed by atoms with Gasteiger partial charge in [0, 0.05) is 18.7 Å². The molecule has 2 aromatic carbocycles. The lowest BCUT2D eigenvalue weighted by Crippen LogP contribution is -2.18. The molecule has 0 aromatic heterocycles. The molecule has 2 rings (SSSR count). The number of nitrogens with zero attached hydrogens (tertiary/aromatic N) is 1. The molecular formula is C18H22N2S. The second-order valence-electron chi connectivity index (χ2n) is 5.66. The number of nitrogens with two attached hydrogens (primary N) is 1. The van der Waals surface area contributed by atoms with E-state index in [9.17, 15) is 0 Å². The summed E-state index contributed by atoms with van der Waals surface area (Å²) in [4.78, 5) is 2.77. The average Bonchev–Trinajstić information content (AvgIpc) is 2.43. The molecule has 2 aromatic rings. The maximum Gasteiger partial charge on any atom is 0.103 e. The first-order chi connectivity index (χ1) is 9.95. The second-order valence-corrected chi connectivity index (χ2v) is 6.10. The highest BCUT2D eigenvalue weighted by Crippen LogP contribution is 2.15. The number of hydrogen-bond acceptors (Lipinski definition) is 2. The largest absolute Gasteiger partial charge is 0.389 e. The van der Waals surface area contributed by atoms with Crippen LogP contribution < -0.4 is 5.73 Å². The van der Waals surface area contributed by atoms with Crippen LogP contribution in [0.2, 0.25) is 0 Å². The van der Waals surface area contributed by atoms with Crippen LogP contribution in [0.1, 0.15) is 27.8 Å². The van der Waals surface area contributed by atoms with Gasteiger partial charge >= 0.3 is 0 Å². The van der Waals surface area contributed by atoms with E-state index in [4.69, 9.17) is 18.0 Å². The van der Waals surface area contributed by atoms with Gasteiger partial charge in [0.15, 0.2) is 0 Å². The molecule has 2 N–H and O–H groups in total. The maximum absolute atomic E-state index is 5.67. The van der Waals surface area contributed by atoms with Gasteiger partial charge in [-0.15, -0.1) is 0 Å². The Labute approximate surface area is 132 Å². The van der Waals surface area contributed by atoms with Crippen molar-refractivity contribution in [2.24, 2.45) is 5.73 Å². The van der Waals surface area contributed by atoms with E-state index in [1.807, 2.05) is 6.07 Å². The summed E-state index contributed by atoms with van der Waals surface area (Å²) >= 11 is 5.02. The first kappa shape index (κ1) is 15.7.